The Kier molecular flexibility index (Phi) is 10.6. The molecule has 3 N–H and O–H groups in total. The number of hydrogen-bond donors (Lipinski definition) is 3. The van der Waals surface area contributed by atoms with Crippen molar-refractivity contribution >= 4 is 29.1 Å². The minimum absolute atomic E-state index is 0.0963. The summed E-state index contributed by atoms with van der Waals surface area (Å²) in [5.41, 5.74) is 6.48. The van der Waals surface area contributed by atoms with Gasteiger partial charge in [-0.05, 0) is 48.7 Å². The molecule has 1 atom stereocenters. The summed E-state index contributed by atoms with van der Waals surface area (Å²) in [5.74, 6) is 0.874. The van der Waals surface area contributed by atoms with Crippen LogP contribution in [0.15, 0.2) is 60.9 Å². The zero-order chi connectivity index (χ0) is 33.6. The van der Waals surface area contributed by atoms with Crippen LogP contribution >= 0.6 is 11.6 Å². The summed E-state index contributed by atoms with van der Waals surface area (Å²) >= 11 is 7.00. The van der Waals surface area contributed by atoms with Gasteiger partial charge in [0.05, 0.1) is 30.1 Å². The molecule has 3 aromatic heterocycles. The van der Waals surface area contributed by atoms with Crippen LogP contribution in [0.3, 0.4) is 0 Å². The van der Waals surface area contributed by atoms with E-state index in [-0.39, 0.29) is 17.9 Å². The van der Waals surface area contributed by atoms with Gasteiger partial charge in [-0.2, -0.15) is 0 Å². The Hall–Kier alpha value is -4.42. The predicted octanol–water partition coefficient (Wildman–Crippen LogP) is 4.87. The number of amides is 2. The third-order valence-electron chi connectivity index (χ3n) is 8.82. The summed E-state index contributed by atoms with van der Waals surface area (Å²) in [6.45, 7) is 6.74. The second-order valence-electron chi connectivity index (χ2n) is 12.3. The summed E-state index contributed by atoms with van der Waals surface area (Å²) in [6, 6.07) is 15.2. The van der Waals surface area contributed by atoms with E-state index >= 15 is 0 Å². The van der Waals surface area contributed by atoms with Gasteiger partial charge < -0.3 is 25.4 Å². The standard InChI is InChI=1S/C36H40ClN7O4/c1-22-27(5-4-6-29(22)42-35(46)31-10-7-23(15-40-31)18-44-19-24(20-44)21-47-2)34-33(37)28(13-14-39-34)30-11-8-25(36(43-30)48-3)16-38-17-26-9-12-32(45)41-26/h4-8,10-11,13-15,24,26,38H,9,12,16-21H2,1-3H3,(H,41,45)(H,42,46). The maximum Gasteiger partial charge on any atom is 0.274 e. The fourth-order valence-electron chi connectivity index (χ4n) is 6.24. The average Bonchev–Trinajstić information content (AvgIpc) is 3.50. The molecule has 6 rings (SSSR count). The van der Waals surface area contributed by atoms with Gasteiger partial charge in [0.25, 0.3) is 5.91 Å². The van der Waals surface area contributed by atoms with Gasteiger partial charge in [-0.3, -0.25) is 24.5 Å². The molecule has 250 valence electrons. The molecule has 4 aromatic rings. The lowest BCUT2D eigenvalue weighted by Crippen LogP contribution is -2.47. The zero-order valence-corrected chi connectivity index (χ0v) is 28.1. The molecule has 2 amide bonds. The first-order valence-electron chi connectivity index (χ1n) is 16.1. The molecule has 5 heterocycles. The summed E-state index contributed by atoms with van der Waals surface area (Å²) < 4.78 is 10.9. The van der Waals surface area contributed by atoms with Crippen LogP contribution in [0.1, 0.15) is 40.0 Å². The fraction of sp³-hybridized carbons (Fsp3) is 0.361. The Morgan fingerprint density at radius 2 is 1.94 bits per heavy atom. The van der Waals surface area contributed by atoms with Gasteiger partial charge in [0.1, 0.15) is 5.69 Å². The number of hydrogen-bond acceptors (Lipinski definition) is 9. The average molecular weight is 670 g/mol. The highest BCUT2D eigenvalue weighted by molar-refractivity contribution is 6.35. The Balaban J connectivity index is 1.13. The second-order valence-corrected chi connectivity index (χ2v) is 12.7. The van der Waals surface area contributed by atoms with Crippen molar-refractivity contribution in [2.45, 2.75) is 38.9 Å². The van der Waals surface area contributed by atoms with E-state index in [9.17, 15) is 9.59 Å². The number of ether oxygens (including phenoxy) is 2. The van der Waals surface area contributed by atoms with E-state index in [0.717, 1.165) is 54.9 Å². The Morgan fingerprint density at radius 3 is 2.67 bits per heavy atom. The van der Waals surface area contributed by atoms with Crippen molar-refractivity contribution in [1.29, 1.82) is 0 Å². The van der Waals surface area contributed by atoms with Gasteiger partial charge in [-0.15, -0.1) is 0 Å². The molecule has 11 nitrogen and oxygen atoms in total. The number of rotatable bonds is 13. The number of nitrogens with one attached hydrogen (secondary N) is 3. The van der Waals surface area contributed by atoms with Crippen molar-refractivity contribution in [3.8, 4) is 28.4 Å². The highest BCUT2D eigenvalue weighted by Gasteiger charge is 2.26. The second kappa shape index (κ2) is 15.2. The molecule has 0 radical (unpaired) electrons. The largest absolute Gasteiger partial charge is 0.481 e. The Labute approximate surface area is 285 Å². The van der Waals surface area contributed by atoms with Gasteiger partial charge in [-0.1, -0.05) is 35.9 Å². The lowest BCUT2D eigenvalue weighted by Gasteiger charge is -2.38. The smallest absolute Gasteiger partial charge is 0.274 e. The molecule has 0 spiro atoms. The highest BCUT2D eigenvalue weighted by atomic mass is 35.5. The quantitative estimate of drug-likeness (QED) is 0.182. The van der Waals surface area contributed by atoms with Gasteiger partial charge in [0, 0.05) is 93.0 Å². The number of carbonyl (C=O) groups is 2. The topological polar surface area (TPSA) is 131 Å². The number of benzene rings is 1. The van der Waals surface area contributed by atoms with E-state index in [1.54, 1.807) is 32.7 Å². The number of anilines is 1. The number of halogens is 1. The van der Waals surface area contributed by atoms with Crippen LogP contribution in [-0.4, -0.2) is 78.2 Å². The van der Waals surface area contributed by atoms with E-state index in [0.29, 0.717) is 64.7 Å². The van der Waals surface area contributed by atoms with Crippen LogP contribution in [-0.2, 0) is 22.6 Å². The van der Waals surface area contributed by atoms with Crippen LogP contribution in [0.4, 0.5) is 5.69 Å². The molecule has 1 aromatic carbocycles. The van der Waals surface area contributed by atoms with Crippen LogP contribution < -0.4 is 20.7 Å². The number of likely N-dealkylation sites (tertiary alicyclic amines) is 1. The molecule has 2 aliphatic rings. The monoisotopic (exact) mass is 669 g/mol. The Bertz CT molecular complexity index is 1780. The van der Waals surface area contributed by atoms with E-state index < -0.39 is 0 Å². The van der Waals surface area contributed by atoms with Gasteiger partial charge in [0.2, 0.25) is 11.8 Å². The van der Waals surface area contributed by atoms with Crippen molar-refractivity contribution < 1.29 is 19.1 Å². The van der Waals surface area contributed by atoms with Crippen LogP contribution in [0.2, 0.25) is 5.02 Å². The molecule has 2 saturated heterocycles. The first-order chi connectivity index (χ1) is 23.3. The number of carbonyl (C=O) groups excluding carboxylic acids is 2. The number of methoxy groups -OCH3 is 2. The van der Waals surface area contributed by atoms with Crippen molar-refractivity contribution in [1.82, 2.24) is 30.5 Å². The summed E-state index contributed by atoms with van der Waals surface area (Å²) in [6.07, 6.45) is 4.87. The fourth-order valence-corrected chi connectivity index (χ4v) is 6.55. The van der Waals surface area contributed by atoms with Gasteiger partial charge in [-0.25, -0.2) is 4.98 Å². The number of aromatic nitrogens is 3. The molecule has 48 heavy (non-hydrogen) atoms. The maximum absolute atomic E-state index is 13.2. The Morgan fingerprint density at radius 1 is 1.08 bits per heavy atom. The van der Waals surface area contributed by atoms with Crippen molar-refractivity contribution in [3.63, 3.8) is 0 Å². The van der Waals surface area contributed by atoms with Crippen molar-refractivity contribution in [2.75, 3.05) is 45.8 Å². The molecule has 12 heteroatoms. The predicted molar refractivity (Wildman–Crippen MR) is 185 cm³/mol. The van der Waals surface area contributed by atoms with Crippen molar-refractivity contribution in [2.24, 2.45) is 5.92 Å². The first-order valence-corrected chi connectivity index (χ1v) is 16.5. The highest BCUT2D eigenvalue weighted by Crippen LogP contribution is 2.38. The molecule has 0 saturated carbocycles. The number of nitrogens with zero attached hydrogens (tertiary/aromatic N) is 4. The summed E-state index contributed by atoms with van der Waals surface area (Å²) in [5, 5.41) is 9.80. The molecule has 2 aliphatic heterocycles. The maximum atomic E-state index is 13.2. The molecular formula is C36H40ClN7O4. The third kappa shape index (κ3) is 7.65. The molecule has 1 unspecified atom stereocenters. The van der Waals surface area contributed by atoms with Crippen molar-refractivity contribution in [3.05, 3.63) is 88.3 Å². The normalized spacial score (nSPS) is 16.4. The molecule has 2 fully saturated rings. The molecule has 0 bridgehead atoms. The van der Waals surface area contributed by atoms with E-state index in [2.05, 4.69) is 30.8 Å². The summed E-state index contributed by atoms with van der Waals surface area (Å²) in [4.78, 5) is 40.8. The van der Waals surface area contributed by atoms with E-state index in [4.69, 9.17) is 26.1 Å². The minimum Gasteiger partial charge on any atom is -0.481 e. The van der Waals surface area contributed by atoms with E-state index in [1.807, 2.05) is 49.4 Å². The minimum atomic E-state index is -0.294. The zero-order valence-electron chi connectivity index (χ0n) is 27.4. The lowest BCUT2D eigenvalue weighted by atomic mass is 10.0. The van der Waals surface area contributed by atoms with Crippen LogP contribution in [0.25, 0.3) is 22.5 Å². The lowest BCUT2D eigenvalue weighted by molar-refractivity contribution is -0.119. The van der Waals surface area contributed by atoms with Crippen LogP contribution in [0, 0.1) is 12.8 Å². The van der Waals surface area contributed by atoms with E-state index in [1.165, 1.54) is 0 Å². The van der Waals surface area contributed by atoms with Gasteiger partial charge in [0.15, 0.2) is 0 Å². The van der Waals surface area contributed by atoms with Gasteiger partial charge >= 0.3 is 0 Å². The summed E-state index contributed by atoms with van der Waals surface area (Å²) in [7, 11) is 3.32. The third-order valence-corrected chi connectivity index (χ3v) is 9.21. The molecular weight excluding hydrogens is 630 g/mol. The number of pyridine rings is 3. The molecule has 0 aliphatic carbocycles. The first kappa shape index (κ1) is 33.5. The SMILES string of the molecule is COCC1CN(Cc2ccc(C(=O)Nc3cccc(-c4nccc(-c5ccc(CNCC6CCC(=O)N6)c(OC)n5)c4Cl)c3C)nc2)C1. The van der Waals surface area contributed by atoms with Crippen LogP contribution in [0.5, 0.6) is 5.88 Å².